The first-order valence-corrected chi connectivity index (χ1v) is 7.95. The lowest BCUT2D eigenvalue weighted by Gasteiger charge is -2.28. The van der Waals surface area contributed by atoms with Crippen LogP contribution in [0.1, 0.15) is 17.0 Å². The van der Waals surface area contributed by atoms with E-state index in [0.29, 0.717) is 33.8 Å². The van der Waals surface area contributed by atoms with Crippen LogP contribution in [0.2, 0.25) is 0 Å². The third-order valence-electron chi connectivity index (χ3n) is 4.05. The minimum Gasteiger partial charge on any atom is -0.549 e. The Morgan fingerprint density at radius 1 is 1.12 bits per heavy atom. The van der Waals surface area contributed by atoms with E-state index in [1.807, 2.05) is 26.2 Å². The van der Waals surface area contributed by atoms with Gasteiger partial charge in [0.25, 0.3) is 0 Å². The average molecular weight is 473 g/mol. The molecular weight excluding hydrogens is 449 g/mol. The fourth-order valence-corrected chi connectivity index (χ4v) is 2.50. The summed E-state index contributed by atoms with van der Waals surface area (Å²) in [6.07, 6.45) is 0. The minimum absolute atomic E-state index is 0. The molecule has 0 radical (unpaired) electrons. The van der Waals surface area contributed by atoms with E-state index in [1.165, 1.54) is 0 Å². The Labute approximate surface area is 170 Å². The number of fused-ring (bicyclic) bond motifs is 2. The highest BCUT2D eigenvalue weighted by molar-refractivity contribution is 14.0. The van der Waals surface area contributed by atoms with Crippen LogP contribution in [0.15, 0.2) is 48.5 Å². The Kier molecular flexibility index (Phi) is 8.48. The van der Waals surface area contributed by atoms with Crippen molar-refractivity contribution < 1.29 is 29.2 Å². The van der Waals surface area contributed by atoms with Gasteiger partial charge < -0.3 is 19.7 Å². The number of hydrogen-bond donors (Lipinski definition) is 1. The van der Waals surface area contributed by atoms with Gasteiger partial charge in [-0.3, -0.25) is 0 Å². The van der Waals surface area contributed by atoms with Crippen LogP contribution < -0.4 is 9.84 Å². The molecule has 142 valence electrons. The van der Waals surface area contributed by atoms with E-state index >= 15 is 0 Å². The van der Waals surface area contributed by atoms with Crippen molar-refractivity contribution >= 4 is 29.9 Å². The molecule has 2 aromatic rings. The SMILES string of the molecule is CO[N+](C)(C)CCO.I.O=C([O-])C1c2ccccc2Oc2ccccc21. The van der Waals surface area contributed by atoms with Gasteiger partial charge in [-0.2, -0.15) is 4.65 Å². The molecule has 0 saturated carbocycles. The van der Waals surface area contributed by atoms with Gasteiger partial charge in [-0.05, 0) is 12.1 Å². The molecule has 0 aliphatic carbocycles. The van der Waals surface area contributed by atoms with Crippen LogP contribution in [0, 0.1) is 0 Å². The van der Waals surface area contributed by atoms with Crippen LogP contribution in [-0.2, 0) is 9.63 Å². The third kappa shape index (κ3) is 5.41. The second-order valence-electron chi connectivity index (χ2n) is 6.13. The van der Waals surface area contributed by atoms with E-state index in [-0.39, 0.29) is 30.6 Å². The molecule has 1 N–H and O–H groups in total. The van der Waals surface area contributed by atoms with E-state index in [0.717, 1.165) is 0 Å². The Bertz CT molecular complexity index is 690. The number of carboxylic acids is 1. The van der Waals surface area contributed by atoms with Gasteiger partial charge in [-0.25, -0.2) is 4.84 Å². The number of aliphatic carboxylic acids is 1. The number of aliphatic hydroxyl groups excluding tert-OH is 1. The van der Waals surface area contributed by atoms with Crippen LogP contribution in [0.3, 0.4) is 0 Å². The molecule has 1 heterocycles. The zero-order chi connectivity index (χ0) is 18.4. The highest BCUT2D eigenvalue weighted by Gasteiger charge is 2.27. The molecule has 2 aromatic carbocycles. The fourth-order valence-electron chi connectivity index (χ4n) is 2.50. The van der Waals surface area contributed by atoms with Gasteiger partial charge in [0, 0.05) is 11.1 Å². The second-order valence-corrected chi connectivity index (χ2v) is 6.13. The largest absolute Gasteiger partial charge is 0.549 e. The van der Waals surface area contributed by atoms with Gasteiger partial charge in [-0.1, -0.05) is 36.4 Å². The van der Waals surface area contributed by atoms with Crippen molar-refractivity contribution in [3.63, 3.8) is 0 Å². The van der Waals surface area contributed by atoms with Crippen LogP contribution in [0.25, 0.3) is 0 Å². The summed E-state index contributed by atoms with van der Waals surface area (Å²) in [5.74, 6) is -0.690. The summed E-state index contributed by atoms with van der Waals surface area (Å²) in [4.78, 5) is 16.3. The monoisotopic (exact) mass is 473 g/mol. The van der Waals surface area contributed by atoms with Crippen LogP contribution >= 0.6 is 24.0 Å². The summed E-state index contributed by atoms with van der Waals surface area (Å²) in [6.45, 7) is 0.803. The zero-order valence-electron chi connectivity index (χ0n) is 15.0. The van der Waals surface area contributed by atoms with Crippen molar-refractivity contribution in [3.05, 3.63) is 59.7 Å². The van der Waals surface area contributed by atoms with E-state index in [9.17, 15) is 9.90 Å². The molecule has 26 heavy (non-hydrogen) atoms. The van der Waals surface area contributed by atoms with Crippen molar-refractivity contribution in [1.82, 2.24) is 0 Å². The molecule has 0 unspecified atom stereocenters. The van der Waals surface area contributed by atoms with Gasteiger partial charge >= 0.3 is 0 Å². The molecule has 7 heteroatoms. The van der Waals surface area contributed by atoms with E-state index in [2.05, 4.69) is 0 Å². The van der Waals surface area contributed by atoms with Crippen molar-refractivity contribution in [2.75, 3.05) is 34.4 Å². The number of ether oxygens (including phenoxy) is 1. The molecule has 1 aliphatic rings. The first kappa shape index (κ1) is 22.4. The molecule has 0 bridgehead atoms. The number of hydrogen-bond acceptors (Lipinski definition) is 5. The van der Waals surface area contributed by atoms with E-state index in [4.69, 9.17) is 14.7 Å². The topological polar surface area (TPSA) is 78.8 Å². The molecular formula is C19H24INO5. The molecule has 0 aromatic heterocycles. The Morgan fingerprint density at radius 3 is 1.92 bits per heavy atom. The zero-order valence-corrected chi connectivity index (χ0v) is 17.4. The Morgan fingerprint density at radius 2 is 1.58 bits per heavy atom. The summed E-state index contributed by atoms with van der Waals surface area (Å²) < 4.78 is 6.08. The molecule has 0 amide bonds. The Hall–Kier alpha value is -1.68. The molecule has 0 saturated heterocycles. The number of likely N-dealkylation sites (N-methyl/N-ethyl adjacent to an activating group) is 1. The fraction of sp³-hybridized carbons (Fsp3) is 0.316. The molecule has 6 nitrogen and oxygen atoms in total. The van der Waals surface area contributed by atoms with Gasteiger partial charge in [0.2, 0.25) is 0 Å². The average Bonchev–Trinajstić information content (AvgIpc) is 2.60. The van der Waals surface area contributed by atoms with Crippen molar-refractivity contribution in [2.45, 2.75) is 5.92 Å². The van der Waals surface area contributed by atoms with E-state index in [1.54, 1.807) is 43.5 Å². The second kappa shape index (κ2) is 9.86. The van der Waals surface area contributed by atoms with Crippen LogP contribution in [0.5, 0.6) is 11.5 Å². The van der Waals surface area contributed by atoms with Crippen LogP contribution in [-0.4, -0.2) is 50.1 Å². The quantitative estimate of drug-likeness (QED) is 0.417. The summed E-state index contributed by atoms with van der Waals surface area (Å²) in [7, 11) is 5.39. The van der Waals surface area contributed by atoms with Gasteiger partial charge in [0.1, 0.15) is 18.0 Å². The predicted octanol–water partition coefficient (Wildman–Crippen LogP) is 1.91. The number of nitrogens with zero attached hydrogens (tertiary/aromatic N) is 1. The number of benzene rings is 2. The maximum atomic E-state index is 11.3. The molecule has 0 spiro atoms. The van der Waals surface area contributed by atoms with Gasteiger partial charge in [-0.15, -0.1) is 24.0 Å². The third-order valence-corrected chi connectivity index (χ3v) is 4.05. The number of carbonyl (C=O) groups excluding carboxylic acids is 1. The first-order valence-electron chi connectivity index (χ1n) is 7.95. The molecule has 0 atom stereocenters. The molecule has 1 aliphatic heterocycles. The first-order chi connectivity index (χ1) is 11.9. The Balaban J connectivity index is 0.000000325. The van der Waals surface area contributed by atoms with Gasteiger partial charge in [0.05, 0.1) is 39.7 Å². The minimum atomic E-state index is -1.10. The lowest BCUT2D eigenvalue weighted by molar-refractivity contribution is -1.07. The van der Waals surface area contributed by atoms with Crippen molar-refractivity contribution in [3.8, 4) is 11.5 Å². The van der Waals surface area contributed by atoms with Crippen molar-refractivity contribution in [2.24, 2.45) is 0 Å². The number of para-hydroxylation sites is 2. The predicted molar refractivity (Wildman–Crippen MR) is 106 cm³/mol. The summed E-state index contributed by atoms with van der Waals surface area (Å²) >= 11 is 0. The molecule has 3 rings (SSSR count). The highest BCUT2D eigenvalue weighted by atomic mass is 127. The smallest absolute Gasteiger partial charge is 0.132 e. The van der Waals surface area contributed by atoms with Crippen LogP contribution in [0.4, 0.5) is 0 Å². The van der Waals surface area contributed by atoms with Gasteiger partial charge in [0.15, 0.2) is 0 Å². The summed E-state index contributed by atoms with van der Waals surface area (Å²) in [5.41, 5.74) is 1.29. The number of quaternary nitrogens is 1. The van der Waals surface area contributed by atoms with Crippen molar-refractivity contribution in [1.29, 1.82) is 0 Å². The lowest BCUT2D eigenvalue weighted by atomic mass is 9.88. The maximum Gasteiger partial charge on any atom is 0.132 e. The number of halogens is 1. The van der Waals surface area contributed by atoms with E-state index < -0.39 is 11.9 Å². The normalized spacial score (nSPS) is 12.5. The highest BCUT2D eigenvalue weighted by Crippen LogP contribution is 2.43. The standard InChI is InChI=1S/C14H10O3.C5H14NO2.HI/c15-14(16)13-9-5-1-3-7-11(9)17-12-8-4-2-6-10(12)13;1-6(2,8-3)4-5-7;/h1-8,13H,(H,15,16);7H,4-5H2,1-3H3;1H/q;+1;/p-1. The number of rotatable bonds is 4. The number of carbonyl (C=O) groups is 1. The molecule has 0 fully saturated rings. The number of aliphatic hydroxyl groups is 1. The maximum absolute atomic E-state index is 11.3. The lowest BCUT2D eigenvalue weighted by Crippen LogP contribution is -2.40. The number of hydroxylamine groups is 3. The summed E-state index contributed by atoms with van der Waals surface area (Å²) in [6, 6.07) is 14.3. The number of carboxylic acid groups (broad SMARTS) is 1. The summed E-state index contributed by atoms with van der Waals surface area (Å²) in [5, 5.41) is 19.8.